The van der Waals surface area contributed by atoms with Gasteiger partial charge in [-0.15, -0.1) is 0 Å². The third kappa shape index (κ3) is 4.55. The highest BCUT2D eigenvalue weighted by molar-refractivity contribution is 7.89. The van der Waals surface area contributed by atoms with Crippen LogP contribution in [0.15, 0.2) is 24.3 Å². The van der Waals surface area contributed by atoms with Crippen LogP contribution < -0.4 is 0 Å². The Kier molecular flexibility index (Phi) is 5.24. The van der Waals surface area contributed by atoms with Gasteiger partial charge < -0.3 is 4.90 Å². The van der Waals surface area contributed by atoms with Crippen molar-refractivity contribution in [3.05, 3.63) is 35.4 Å². The van der Waals surface area contributed by atoms with Gasteiger partial charge in [0.1, 0.15) is 0 Å². The van der Waals surface area contributed by atoms with Gasteiger partial charge in [0.15, 0.2) is 9.84 Å². The van der Waals surface area contributed by atoms with Crippen molar-refractivity contribution in [1.29, 1.82) is 0 Å². The maximum absolute atomic E-state index is 12.5. The molecule has 1 aliphatic rings. The van der Waals surface area contributed by atoms with E-state index in [2.05, 4.69) is 18.7 Å². The molecular formula is C16H24N2O3S. The third-order valence-electron chi connectivity index (χ3n) is 3.96. The van der Waals surface area contributed by atoms with E-state index in [-0.39, 0.29) is 11.7 Å². The molecule has 6 heteroatoms. The van der Waals surface area contributed by atoms with Gasteiger partial charge in [0.2, 0.25) is 0 Å². The number of sulfone groups is 1. The minimum Gasteiger partial charge on any atom is -0.336 e. The highest BCUT2D eigenvalue weighted by Gasteiger charge is 2.23. The van der Waals surface area contributed by atoms with E-state index in [0.717, 1.165) is 26.2 Å². The van der Waals surface area contributed by atoms with E-state index in [1.54, 1.807) is 24.3 Å². The number of piperazine rings is 1. The summed E-state index contributed by atoms with van der Waals surface area (Å²) in [5.41, 5.74) is 1.33. The summed E-state index contributed by atoms with van der Waals surface area (Å²) < 4.78 is 22.5. The summed E-state index contributed by atoms with van der Waals surface area (Å²) in [4.78, 5) is 16.7. The van der Waals surface area contributed by atoms with Crippen LogP contribution in [-0.2, 0) is 15.6 Å². The van der Waals surface area contributed by atoms with E-state index in [1.807, 2.05) is 4.90 Å². The first-order valence-corrected chi connectivity index (χ1v) is 9.62. The van der Waals surface area contributed by atoms with E-state index < -0.39 is 9.84 Å². The van der Waals surface area contributed by atoms with Crippen LogP contribution in [0.3, 0.4) is 0 Å². The molecule has 1 aromatic carbocycles. The van der Waals surface area contributed by atoms with Crippen molar-refractivity contribution in [1.82, 2.24) is 9.80 Å². The predicted octanol–water partition coefficient (Wildman–Crippen LogP) is 1.40. The molecule has 22 heavy (non-hydrogen) atoms. The van der Waals surface area contributed by atoms with Crippen molar-refractivity contribution in [2.24, 2.45) is 0 Å². The van der Waals surface area contributed by atoms with E-state index in [9.17, 15) is 13.2 Å². The molecule has 0 aliphatic carbocycles. The Morgan fingerprint density at radius 2 is 1.64 bits per heavy atom. The van der Waals surface area contributed by atoms with Crippen molar-refractivity contribution < 1.29 is 13.2 Å². The zero-order valence-corrected chi connectivity index (χ0v) is 14.3. The number of carbonyl (C=O) groups is 1. The SMILES string of the molecule is CC(C)N1CCN(C(=O)c2ccc(CS(C)(=O)=O)cc2)CC1. The van der Waals surface area contributed by atoms with Crippen LogP contribution in [0.4, 0.5) is 0 Å². The molecule has 1 aromatic rings. The molecule has 0 bridgehead atoms. The third-order valence-corrected chi connectivity index (χ3v) is 4.82. The van der Waals surface area contributed by atoms with E-state index in [4.69, 9.17) is 0 Å². The smallest absolute Gasteiger partial charge is 0.253 e. The van der Waals surface area contributed by atoms with E-state index >= 15 is 0 Å². The molecule has 0 radical (unpaired) electrons. The Morgan fingerprint density at radius 3 is 2.09 bits per heavy atom. The lowest BCUT2D eigenvalue weighted by Crippen LogP contribution is -2.50. The quantitative estimate of drug-likeness (QED) is 0.840. The summed E-state index contributed by atoms with van der Waals surface area (Å²) in [5, 5.41) is 0. The molecule has 1 heterocycles. The molecule has 1 amide bonds. The van der Waals surface area contributed by atoms with Gasteiger partial charge in [-0.3, -0.25) is 9.69 Å². The van der Waals surface area contributed by atoms with Crippen molar-refractivity contribution in [3.8, 4) is 0 Å². The van der Waals surface area contributed by atoms with E-state index in [1.165, 1.54) is 6.26 Å². The van der Waals surface area contributed by atoms with Crippen LogP contribution in [0, 0.1) is 0 Å². The fourth-order valence-corrected chi connectivity index (χ4v) is 3.47. The predicted molar refractivity (Wildman–Crippen MR) is 87.6 cm³/mol. The van der Waals surface area contributed by atoms with Crippen LogP contribution >= 0.6 is 0 Å². The number of nitrogens with zero attached hydrogens (tertiary/aromatic N) is 2. The van der Waals surface area contributed by atoms with Crippen molar-refractivity contribution >= 4 is 15.7 Å². The molecule has 2 rings (SSSR count). The van der Waals surface area contributed by atoms with Crippen molar-refractivity contribution in [2.45, 2.75) is 25.6 Å². The number of hydrogen-bond donors (Lipinski definition) is 0. The van der Waals surface area contributed by atoms with Crippen LogP contribution in [0.25, 0.3) is 0 Å². The molecule has 1 fully saturated rings. The van der Waals surface area contributed by atoms with Gasteiger partial charge >= 0.3 is 0 Å². The fraction of sp³-hybridized carbons (Fsp3) is 0.562. The summed E-state index contributed by atoms with van der Waals surface area (Å²) >= 11 is 0. The second kappa shape index (κ2) is 6.79. The standard InChI is InChI=1S/C16H24N2O3S/c1-13(2)17-8-10-18(11-9-17)16(19)15-6-4-14(5-7-15)12-22(3,20)21/h4-7,13H,8-12H2,1-3H3. The lowest BCUT2D eigenvalue weighted by atomic mass is 10.1. The number of amides is 1. The molecule has 122 valence electrons. The van der Waals surface area contributed by atoms with Gasteiger partial charge in [-0.1, -0.05) is 12.1 Å². The average molecular weight is 324 g/mol. The lowest BCUT2D eigenvalue weighted by molar-refractivity contribution is 0.0595. The van der Waals surface area contributed by atoms with Crippen LogP contribution in [-0.4, -0.2) is 62.6 Å². The van der Waals surface area contributed by atoms with Crippen LogP contribution in [0.1, 0.15) is 29.8 Å². The van der Waals surface area contributed by atoms with Crippen molar-refractivity contribution in [2.75, 3.05) is 32.4 Å². The summed E-state index contributed by atoms with van der Waals surface area (Å²) in [5.74, 6) is 0.0310. The molecule has 1 saturated heterocycles. The Morgan fingerprint density at radius 1 is 1.09 bits per heavy atom. The molecule has 0 spiro atoms. The first-order valence-electron chi connectivity index (χ1n) is 7.56. The second-order valence-corrected chi connectivity index (χ2v) is 8.33. The van der Waals surface area contributed by atoms with Gasteiger partial charge in [-0.05, 0) is 31.5 Å². The lowest BCUT2D eigenvalue weighted by Gasteiger charge is -2.37. The Hall–Kier alpha value is -1.40. The van der Waals surface area contributed by atoms with Crippen LogP contribution in [0.5, 0.6) is 0 Å². The molecular weight excluding hydrogens is 300 g/mol. The normalized spacial score (nSPS) is 17.0. The van der Waals surface area contributed by atoms with E-state index in [0.29, 0.717) is 17.2 Å². The zero-order valence-electron chi connectivity index (χ0n) is 13.4. The van der Waals surface area contributed by atoms with Crippen molar-refractivity contribution in [3.63, 3.8) is 0 Å². The molecule has 0 atom stereocenters. The minimum atomic E-state index is -3.05. The highest BCUT2D eigenvalue weighted by Crippen LogP contribution is 2.13. The number of carbonyl (C=O) groups excluding carboxylic acids is 1. The molecule has 0 aromatic heterocycles. The Labute approximate surface area is 132 Å². The van der Waals surface area contributed by atoms with Gasteiger partial charge in [0.05, 0.1) is 5.75 Å². The van der Waals surface area contributed by atoms with Gasteiger partial charge in [-0.25, -0.2) is 8.42 Å². The van der Waals surface area contributed by atoms with Gasteiger partial charge in [-0.2, -0.15) is 0 Å². The Bertz CT molecular complexity index is 615. The van der Waals surface area contributed by atoms with Gasteiger partial charge in [0.25, 0.3) is 5.91 Å². The maximum Gasteiger partial charge on any atom is 0.253 e. The first kappa shape index (κ1) is 17.0. The Balaban J connectivity index is 1.99. The second-order valence-electron chi connectivity index (χ2n) is 6.19. The first-order chi connectivity index (χ1) is 10.3. The molecule has 0 N–H and O–H groups in total. The summed E-state index contributed by atoms with van der Waals surface area (Å²) in [6.45, 7) is 7.60. The average Bonchev–Trinajstić information content (AvgIpc) is 2.46. The zero-order chi connectivity index (χ0) is 16.3. The fourth-order valence-electron chi connectivity index (χ4n) is 2.67. The number of hydrogen-bond acceptors (Lipinski definition) is 4. The monoisotopic (exact) mass is 324 g/mol. The summed E-state index contributed by atoms with van der Waals surface area (Å²) in [6.07, 6.45) is 1.21. The molecule has 1 aliphatic heterocycles. The number of benzene rings is 1. The van der Waals surface area contributed by atoms with Crippen LogP contribution in [0.2, 0.25) is 0 Å². The summed E-state index contributed by atoms with van der Waals surface area (Å²) in [7, 11) is -3.05. The largest absolute Gasteiger partial charge is 0.336 e. The van der Waals surface area contributed by atoms with Gasteiger partial charge in [0, 0.05) is 44.0 Å². The topological polar surface area (TPSA) is 57.7 Å². The molecule has 0 saturated carbocycles. The molecule has 0 unspecified atom stereocenters. The molecule has 5 nitrogen and oxygen atoms in total. The number of rotatable bonds is 4. The highest BCUT2D eigenvalue weighted by atomic mass is 32.2. The maximum atomic E-state index is 12.5. The minimum absolute atomic E-state index is 0.00847. The summed E-state index contributed by atoms with van der Waals surface area (Å²) in [6, 6.07) is 7.39.